The molecule has 0 unspecified atom stereocenters. The molecular formula is C11H11ClN4. The fourth-order valence-corrected chi connectivity index (χ4v) is 1.79. The van der Waals surface area contributed by atoms with Crippen molar-refractivity contribution in [1.29, 1.82) is 0 Å². The lowest BCUT2D eigenvalue weighted by Crippen LogP contribution is -1.96. The SMILES string of the molecule is Cc1nn(-c2ccccc2)c(Cl)c1/C=N/N. The van der Waals surface area contributed by atoms with Crippen molar-refractivity contribution in [1.82, 2.24) is 9.78 Å². The van der Waals surface area contributed by atoms with Crippen LogP contribution in [0.4, 0.5) is 0 Å². The molecule has 0 saturated carbocycles. The number of para-hydroxylation sites is 1. The molecule has 0 atom stereocenters. The minimum Gasteiger partial charge on any atom is -0.323 e. The lowest BCUT2D eigenvalue weighted by Gasteiger charge is -2.01. The largest absolute Gasteiger partial charge is 0.323 e. The summed E-state index contributed by atoms with van der Waals surface area (Å²) in [6.45, 7) is 1.86. The van der Waals surface area contributed by atoms with Gasteiger partial charge in [-0.25, -0.2) is 4.68 Å². The topological polar surface area (TPSA) is 56.2 Å². The van der Waals surface area contributed by atoms with Crippen LogP contribution in [-0.2, 0) is 0 Å². The summed E-state index contributed by atoms with van der Waals surface area (Å²) in [5, 5.41) is 8.32. The molecule has 0 radical (unpaired) electrons. The minimum absolute atomic E-state index is 0.512. The van der Waals surface area contributed by atoms with Crippen LogP contribution in [0.3, 0.4) is 0 Å². The third-order valence-corrected chi connectivity index (χ3v) is 2.62. The maximum absolute atomic E-state index is 6.20. The maximum Gasteiger partial charge on any atom is 0.142 e. The van der Waals surface area contributed by atoms with Crippen LogP contribution in [0.25, 0.3) is 5.69 Å². The van der Waals surface area contributed by atoms with Crippen LogP contribution in [0.5, 0.6) is 0 Å². The molecule has 0 amide bonds. The van der Waals surface area contributed by atoms with Gasteiger partial charge in [0.2, 0.25) is 0 Å². The van der Waals surface area contributed by atoms with Crippen molar-refractivity contribution in [2.45, 2.75) is 6.92 Å². The molecule has 1 heterocycles. The second-order valence-electron chi connectivity index (χ2n) is 3.32. The van der Waals surface area contributed by atoms with Crippen LogP contribution in [0.1, 0.15) is 11.3 Å². The van der Waals surface area contributed by atoms with E-state index in [4.69, 9.17) is 17.4 Å². The molecule has 2 aromatic rings. The average Bonchev–Trinajstić information content (AvgIpc) is 2.59. The maximum atomic E-state index is 6.20. The van der Waals surface area contributed by atoms with Gasteiger partial charge >= 0.3 is 0 Å². The Balaban J connectivity index is 2.56. The highest BCUT2D eigenvalue weighted by atomic mass is 35.5. The highest BCUT2D eigenvalue weighted by molar-refractivity contribution is 6.32. The summed E-state index contributed by atoms with van der Waals surface area (Å²) in [6.07, 6.45) is 1.50. The number of hydrogen-bond acceptors (Lipinski definition) is 3. The first-order valence-electron chi connectivity index (χ1n) is 4.78. The molecule has 1 aromatic heterocycles. The molecule has 16 heavy (non-hydrogen) atoms. The number of benzene rings is 1. The van der Waals surface area contributed by atoms with Crippen LogP contribution in [0.15, 0.2) is 35.4 Å². The second-order valence-corrected chi connectivity index (χ2v) is 3.67. The lowest BCUT2D eigenvalue weighted by atomic mass is 10.3. The predicted molar refractivity (Wildman–Crippen MR) is 65.1 cm³/mol. The normalized spacial score (nSPS) is 11.1. The Bertz CT molecular complexity index is 516. The van der Waals surface area contributed by atoms with Crippen molar-refractivity contribution in [3.63, 3.8) is 0 Å². The highest BCUT2D eigenvalue weighted by Gasteiger charge is 2.12. The summed E-state index contributed by atoms with van der Waals surface area (Å²) in [5.41, 5.74) is 2.45. The zero-order chi connectivity index (χ0) is 11.5. The van der Waals surface area contributed by atoms with E-state index in [1.165, 1.54) is 6.21 Å². The summed E-state index contributed by atoms with van der Waals surface area (Å²) in [6, 6.07) is 9.66. The van der Waals surface area contributed by atoms with Gasteiger partial charge in [0.05, 0.1) is 23.2 Å². The number of nitrogens with zero attached hydrogens (tertiary/aromatic N) is 3. The van der Waals surface area contributed by atoms with Crippen molar-refractivity contribution in [2.75, 3.05) is 0 Å². The number of aryl methyl sites for hydroxylation is 1. The molecular weight excluding hydrogens is 224 g/mol. The van der Waals surface area contributed by atoms with Gasteiger partial charge < -0.3 is 5.84 Å². The van der Waals surface area contributed by atoms with Gasteiger partial charge in [0.1, 0.15) is 5.15 Å². The Morgan fingerprint density at radius 3 is 2.69 bits per heavy atom. The van der Waals surface area contributed by atoms with Crippen LogP contribution >= 0.6 is 11.6 Å². The summed E-state index contributed by atoms with van der Waals surface area (Å²) in [7, 11) is 0. The second kappa shape index (κ2) is 4.37. The number of nitrogens with two attached hydrogens (primary N) is 1. The van der Waals surface area contributed by atoms with Crippen LogP contribution in [-0.4, -0.2) is 16.0 Å². The first-order chi connectivity index (χ1) is 7.74. The minimum atomic E-state index is 0.512. The average molecular weight is 235 g/mol. The van der Waals surface area contributed by atoms with Crippen molar-refractivity contribution < 1.29 is 0 Å². The summed E-state index contributed by atoms with van der Waals surface area (Å²) in [4.78, 5) is 0. The Labute approximate surface area is 98.3 Å². The van der Waals surface area contributed by atoms with E-state index in [2.05, 4.69) is 10.2 Å². The quantitative estimate of drug-likeness (QED) is 0.492. The number of halogens is 1. The Kier molecular flexibility index (Phi) is 2.92. The smallest absolute Gasteiger partial charge is 0.142 e. The summed E-state index contributed by atoms with van der Waals surface area (Å²) >= 11 is 6.20. The fraction of sp³-hybridized carbons (Fsp3) is 0.0909. The van der Waals surface area contributed by atoms with Crippen LogP contribution in [0.2, 0.25) is 5.15 Å². The number of hydrazone groups is 1. The molecule has 0 aliphatic carbocycles. The fourth-order valence-electron chi connectivity index (χ4n) is 1.47. The first kappa shape index (κ1) is 10.7. The van der Waals surface area contributed by atoms with Gasteiger partial charge in [-0.1, -0.05) is 29.8 Å². The van der Waals surface area contributed by atoms with Crippen molar-refractivity contribution >= 4 is 17.8 Å². The number of rotatable bonds is 2. The van der Waals surface area contributed by atoms with Gasteiger partial charge in [0.25, 0.3) is 0 Å². The predicted octanol–water partition coefficient (Wildman–Crippen LogP) is 2.13. The summed E-state index contributed by atoms with van der Waals surface area (Å²) in [5.74, 6) is 5.12. The zero-order valence-corrected chi connectivity index (χ0v) is 9.52. The molecule has 2 rings (SSSR count). The van der Waals surface area contributed by atoms with E-state index in [0.717, 1.165) is 16.9 Å². The van der Waals surface area contributed by atoms with E-state index in [-0.39, 0.29) is 0 Å². The van der Waals surface area contributed by atoms with E-state index in [9.17, 15) is 0 Å². The molecule has 0 saturated heterocycles. The van der Waals surface area contributed by atoms with Gasteiger partial charge in [-0.2, -0.15) is 10.2 Å². The van der Waals surface area contributed by atoms with Crippen LogP contribution < -0.4 is 5.84 Å². The van der Waals surface area contributed by atoms with Gasteiger partial charge in [0.15, 0.2) is 0 Å². The monoisotopic (exact) mass is 234 g/mol. The first-order valence-corrected chi connectivity index (χ1v) is 5.15. The van der Waals surface area contributed by atoms with Crippen molar-refractivity contribution in [3.05, 3.63) is 46.7 Å². The Morgan fingerprint density at radius 2 is 2.06 bits per heavy atom. The Morgan fingerprint density at radius 1 is 1.38 bits per heavy atom. The number of hydrogen-bond donors (Lipinski definition) is 1. The molecule has 82 valence electrons. The van der Waals surface area contributed by atoms with Gasteiger partial charge in [-0.05, 0) is 19.1 Å². The van der Waals surface area contributed by atoms with E-state index < -0.39 is 0 Å². The highest BCUT2D eigenvalue weighted by Crippen LogP contribution is 2.21. The van der Waals surface area contributed by atoms with E-state index >= 15 is 0 Å². The molecule has 0 aliphatic rings. The van der Waals surface area contributed by atoms with Crippen molar-refractivity contribution in [3.8, 4) is 5.69 Å². The van der Waals surface area contributed by atoms with E-state index in [0.29, 0.717) is 5.15 Å². The Hall–Kier alpha value is -1.81. The van der Waals surface area contributed by atoms with Crippen molar-refractivity contribution in [2.24, 2.45) is 10.9 Å². The molecule has 0 fully saturated rings. The molecule has 1 aromatic carbocycles. The zero-order valence-electron chi connectivity index (χ0n) is 8.76. The van der Waals surface area contributed by atoms with Gasteiger partial charge in [-0.15, -0.1) is 0 Å². The summed E-state index contributed by atoms with van der Waals surface area (Å²) < 4.78 is 1.66. The molecule has 0 spiro atoms. The third-order valence-electron chi connectivity index (χ3n) is 2.25. The third kappa shape index (κ3) is 1.79. The molecule has 0 bridgehead atoms. The molecule has 4 nitrogen and oxygen atoms in total. The molecule has 5 heteroatoms. The van der Waals surface area contributed by atoms with E-state index in [1.807, 2.05) is 37.3 Å². The van der Waals surface area contributed by atoms with Gasteiger partial charge in [-0.3, -0.25) is 0 Å². The molecule has 0 aliphatic heterocycles. The van der Waals surface area contributed by atoms with E-state index in [1.54, 1.807) is 4.68 Å². The van der Waals surface area contributed by atoms with Gasteiger partial charge in [0, 0.05) is 0 Å². The molecule has 2 N–H and O–H groups in total. The van der Waals surface area contributed by atoms with Crippen LogP contribution in [0, 0.1) is 6.92 Å². The lowest BCUT2D eigenvalue weighted by molar-refractivity contribution is 0.863. The standard InChI is InChI=1S/C11H11ClN4/c1-8-10(7-14-13)11(12)16(15-8)9-5-3-2-4-6-9/h2-7H,13H2,1H3/b14-7+. The number of aromatic nitrogens is 2.